The Labute approximate surface area is 188 Å². The summed E-state index contributed by atoms with van der Waals surface area (Å²) in [6.45, 7) is 2.25. The molecule has 0 bridgehead atoms. The Hall–Kier alpha value is -4.04. The lowest BCUT2D eigenvalue weighted by molar-refractivity contribution is -0.385. The maximum Gasteiger partial charge on any atom is 0.288 e. The van der Waals surface area contributed by atoms with Crippen LogP contribution in [0.25, 0.3) is 11.4 Å². The van der Waals surface area contributed by atoms with Crippen molar-refractivity contribution >= 4 is 29.1 Å². The normalized spacial score (nSPS) is 10.7. The van der Waals surface area contributed by atoms with Crippen LogP contribution in [0.1, 0.15) is 21.5 Å². The quantitative estimate of drug-likeness (QED) is 0.325. The first-order valence-electron chi connectivity index (χ1n) is 9.73. The van der Waals surface area contributed by atoms with E-state index in [9.17, 15) is 14.9 Å². The summed E-state index contributed by atoms with van der Waals surface area (Å²) in [5.41, 5.74) is 2.20. The van der Waals surface area contributed by atoms with Gasteiger partial charge in [-0.15, -0.1) is 5.10 Å². The summed E-state index contributed by atoms with van der Waals surface area (Å²) in [4.78, 5) is 28.6. The highest BCUT2D eigenvalue weighted by molar-refractivity contribution is 6.31. The first-order chi connectivity index (χ1) is 15.4. The number of carbonyl (C=O) groups is 1. The third-order valence-electron chi connectivity index (χ3n) is 4.84. The predicted molar refractivity (Wildman–Crippen MR) is 122 cm³/mol. The molecule has 0 atom stereocenters. The molecule has 0 saturated carbocycles. The van der Waals surface area contributed by atoms with Crippen LogP contribution in [-0.4, -0.2) is 25.6 Å². The molecule has 4 rings (SSSR count). The minimum atomic E-state index is -0.662. The second-order valence-electron chi connectivity index (χ2n) is 7.06. The average Bonchev–Trinajstić information content (AvgIpc) is 3.22. The maximum absolute atomic E-state index is 13.3. The molecule has 1 heterocycles. The summed E-state index contributed by atoms with van der Waals surface area (Å²) < 4.78 is 1.05. The highest BCUT2D eigenvalue weighted by atomic mass is 35.5. The summed E-state index contributed by atoms with van der Waals surface area (Å²) in [6.07, 6.45) is 0. The van der Waals surface area contributed by atoms with E-state index in [1.807, 2.05) is 49.4 Å². The Morgan fingerprint density at radius 3 is 2.47 bits per heavy atom. The number of hydrogen-bond donors (Lipinski definition) is 1. The van der Waals surface area contributed by atoms with Crippen LogP contribution in [-0.2, 0) is 6.54 Å². The van der Waals surface area contributed by atoms with E-state index in [1.54, 1.807) is 12.1 Å². The molecule has 0 radical (unpaired) electrons. The zero-order valence-electron chi connectivity index (χ0n) is 17.0. The molecule has 32 heavy (non-hydrogen) atoms. The zero-order chi connectivity index (χ0) is 22.7. The highest BCUT2D eigenvalue weighted by Crippen LogP contribution is 2.24. The number of benzene rings is 3. The van der Waals surface area contributed by atoms with E-state index < -0.39 is 10.8 Å². The van der Waals surface area contributed by atoms with Gasteiger partial charge in [-0.05, 0) is 24.6 Å². The minimum Gasteiger partial charge on any atom is -0.350 e. The van der Waals surface area contributed by atoms with Gasteiger partial charge in [0.25, 0.3) is 11.6 Å². The Morgan fingerprint density at radius 1 is 1.06 bits per heavy atom. The summed E-state index contributed by atoms with van der Waals surface area (Å²) in [7, 11) is 0. The third kappa shape index (κ3) is 4.35. The molecule has 4 aromatic rings. The van der Waals surface area contributed by atoms with Crippen LogP contribution >= 0.6 is 11.6 Å². The van der Waals surface area contributed by atoms with E-state index in [1.165, 1.54) is 18.2 Å². The number of nitrogens with one attached hydrogen (secondary N) is 1. The van der Waals surface area contributed by atoms with Crippen molar-refractivity contribution in [1.82, 2.24) is 14.8 Å². The predicted octanol–water partition coefficient (Wildman–Crippen LogP) is 5.12. The number of anilines is 1. The second-order valence-corrected chi connectivity index (χ2v) is 7.47. The van der Waals surface area contributed by atoms with E-state index in [2.05, 4.69) is 15.4 Å². The van der Waals surface area contributed by atoms with Crippen LogP contribution < -0.4 is 5.32 Å². The molecule has 0 aliphatic carbocycles. The molecule has 160 valence electrons. The molecule has 0 amide bonds. The smallest absolute Gasteiger partial charge is 0.288 e. The zero-order valence-corrected chi connectivity index (χ0v) is 17.8. The summed E-state index contributed by atoms with van der Waals surface area (Å²) >= 11 is 6.24. The fourth-order valence-electron chi connectivity index (χ4n) is 3.14. The van der Waals surface area contributed by atoms with Gasteiger partial charge in [-0.3, -0.25) is 14.9 Å². The summed E-state index contributed by atoms with van der Waals surface area (Å²) in [5, 5.41) is 19.4. The van der Waals surface area contributed by atoms with E-state index in [0.717, 1.165) is 15.8 Å². The van der Waals surface area contributed by atoms with Crippen LogP contribution in [0.3, 0.4) is 0 Å². The number of aryl methyl sites for hydroxylation is 1. The largest absolute Gasteiger partial charge is 0.350 e. The molecule has 0 unspecified atom stereocenters. The van der Waals surface area contributed by atoms with E-state index in [0.29, 0.717) is 16.4 Å². The SMILES string of the molecule is Cc1ccc(-c2nc(NCc3ccccc3Cl)n(C(=O)c3ccccc3[N+](=O)[O-])n2)cc1. The summed E-state index contributed by atoms with van der Waals surface area (Å²) in [6, 6.07) is 20.6. The van der Waals surface area contributed by atoms with Crippen molar-refractivity contribution in [2.75, 3.05) is 5.32 Å². The van der Waals surface area contributed by atoms with Crippen molar-refractivity contribution in [1.29, 1.82) is 0 Å². The van der Waals surface area contributed by atoms with E-state index in [4.69, 9.17) is 11.6 Å². The molecule has 1 N–H and O–H groups in total. The van der Waals surface area contributed by atoms with Gasteiger partial charge in [0.05, 0.1) is 4.92 Å². The van der Waals surface area contributed by atoms with Gasteiger partial charge < -0.3 is 5.32 Å². The molecule has 3 aromatic carbocycles. The van der Waals surface area contributed by atoms with Crippen LogP contribution in [0.15, 0.2) is 72.8 Å². The fourth-order valence-corrected chi connectivity index (χ4v) is 3.34. The number of nitrogens with zero attached hydrogens (tertiary/aromatic N) is 4. The Balaban J connectivity index is 1.75. The first-order valence-corrected chi connectivity index (χ1v) is 10.1. The molecule has 0 saturated heterocycles. The highest BCUT2D eigenvalue weighted by Gasteiger charge is 2.25. The van der Waals surface area contributed by atoms with Gasteiger partial charge in [-0.2, -0.15) is 9.67 Å². The van der Waals surface area contributed by atoms with Crippen LogP contribution in [0.2, 0.25) is 5.02 Å². The molecule has 8 nitrogen and oxygen atoms in total. The first kappa shape index (κ1) is 21.2. The van der Waals surface area contributed by atoms with Gasteiger partial charge in [0.15, 0.2) is 5.82 Å². The molecule has 0 aliphatic rings. The van der Waals surface area contributed by atoms with Crippen molar-refractivity contribution in [3.8, 4) is 11.4 Å². The summed E-state index contributed by atoms with van der Waals surface area (Å²) in [5.74, 6) is -0.188. The Bertz CT molecular complexity index is 1300. The molecule has 1 aromatic heterocycles. The van der Waals surface area contributed by atoms with Gasteiger partial charge in [0, 0.05) is 23.2 Å². The topological polar surface area (TPSA) is 103 Å². The second kappa shape index (κ2) is 8.99. The molecular weight excluding hydrogens is 430 g/mol. The van der Waals surface area contributed by atoms with Gasteiger partial charge >= 0.3 is 0 Å². The number of nitro groups is 1. The number of nitro benzene ring substituents is 1. The number of carbonyl (C=O) groups excluding carboxylic acids is 1. The molecule has 0 spiro atoms. The van der Waals surface area contributed by atoms with Crippen LogP contribution in [0, 0.1) is 17.0 Å². The van der Waals surface area contributed by atoms with E-state index >= 15 is 0 Å². The number of para-hydroxylation sites is 1. The van der Waals surface area contributed by atoms with Gasteiger partial charge in [-0.1, -0.05) is 71.8 Å². The third-order valence-corrected chi connectivity index (χ3v) is 5.20. The van der Waals surface area contributed by atoms with Crippen molar-refractivity contribution in [2.24, 2.45) is 0 Å². The standard InChI is InChI=1S/C23H18ClN5O3/c1-15-10-12-16(13-11-15)21-26-23(25-14-17-6-2-4-8-19(17)24)28(27-21)22(30)18-7-3-5-9-20(18)29(31)32/h2-13H,14H2,1H3,(H,25,26,27). The Kier molecular flexibility index (Phi) is 5.96. The minimum absolute atomic E-state index is 0.0846. The Morgan fingerprint density at radius 2 is 1.75 bits per heavy atom. The van der Waals surface area contributed by atoms with E-state index in [-0.39, 0.29) is 23.7 Å². The number of rotatable bonds is 6. The molecule has 0 aliphatic heterocycles. The number of aromatic nitrogens is 3. The number of hydrogen-bond acceptors (Lipinski definition) is 6. The molecule has 9 heteroatoms. The molecule has 0 fully saturated rings. The lowest BCUT2D eigenvalue weighted by Gasteiger charge is -2.08. The van der Waals surface area contributed by atoms with Crippen molar-refractivity contribution in [3.63, 3.8) is 0 Å². The van der Waals surface area contributed by atoms with Gasteiger partial charge in [-0.25, -0.2) is 0 Å². The maximum atomic E-state index is 13.3. The number of halogens is 1. The van der Waals surface area contributed by atoms with Crippen molar-refractivity contribution in [3.05, 3.63) is 105 Å². The van der Waals surface area contributed by atoms with Crippen LogP contribution in [0.4, 0.5) is 11.6 Å². The fraction of sp³-hybridized carbons (Fsp3) is 0.0870. The van der Waals surface area contributed by atoms with Gasteiger partial charge in [0.1, 0.15) is 5.56 Å². The van der Waals surface area contributed by atoms with Crippen LogP contribution in [0.5, 0.6) is 0 Å². The van der Waals surface area contributed by atoms with Crippen molar-refractivity contribution in [2.45, 2.75) is 13.5 Å². The molecular formula is C23H18ClN5O3. The monoisotopic (exact) mass is 447 g/mol. The lowest BCUT2D eigenvalue weighted by atomic mass is 10.1. The van der Waals surface area contributed by atoms with Gasteiger partial charge in [0.2, 0.25) is 5.95 Å². The lowest BCUT2D eigenvalue weighted by Crippen LogP contribution is -2.18. The van der Waals surface area contributed by atoms with Crippen molar-refractivity contribution < 1.29 is 9.72 Å². The average molecular weight is 448 g/mol.